The summed E-state index contributed by atoms with van der Waals surface area (Å²) in [5, 5.41) is 2.73. The number of aromatic nitrogens is 1. The quantitative estimate of drug-likeness (QED) is 0.660. The molecule has 18 heavy (non-hydrogen) atoms. The fourth-order valence-corrected chi connectivity index (χ4v) is 2.72. The summed E-state index contributed by atoms with van der Waals surface area (Å²) in [6, 6.07) is 2.05. The van der Waals surface area contributed by atoms with E-state index in [0.717, 1.165) is 33.3 Å². The lowest BCUT2D eigenvalue weighted by Crippen LogP contribution is -2.06. The molecular formula is C13H17N3OS. The van der Waals surface area contributed by atoms with E-state index in [9.17, 15) is 0 Å². The number of benzene rings is 1. The Bertz CT molecular complexity index is 578. The molecule has 0 bridgehead atoms. The van der Waals surface area contributed by atoms with Gasteiger partial charge in [-0.1, -0.05) is 0 Å². The molecule has 0 amide bonds. The van der Waals surface area contributed by atoms with Crippen LogP contribution in [0, 0.1) is 20.8 Å². The third-order valence-corrected chi connectivity index (χ3v) is 3.93. The largest absolute Gasteiger partial charge is 0.496 e. The zero-order valence-corrected chi connectivity index (χ0v) is 11.8. The highest BCUT2D eigenvalue weighted by Gasteiger charge is 2.14. The van der Waals surface area contributed by atoms with Gasteiger partial charge in [-0.05, 0) is 43.5 Å². The summed E-state index contributed by atoms with van der Waals surface area (Å²) in [5.41, 5.74) is 8.18. The van der Waals surface area contributed by atoms with Gasteiger partial charge in [-0.25, -0.2) is 10.8 Å². The lowest BCUT2D eigenvalue weighted by atomic mass is 9.95. The fourth-order valence-electron chi connectivity index (χ4n) is 2.11. The first-order chi connectivity index (χ1) is 8.58. The van der Waals surface area contributed by atoms with Crippen molar-refractivity contribution in [3.05, 3.63) is 28.1 Å². The molecule has 96 valence electrons. The van der Waals surface area contributed by atoms with Crippen LogP contribution in [0.3, 0.4) is 0 Å². The van der Waals surface area contributed by atoms with Crippen molar-refractivity contribution in [1.29, 1.82) is 0 Å². The molecule has 1 aromatic heterocycles. The maximum atomic E-state index is 5.37. The highest BCUT2D eigenvalue weighted by atomic mass is 32.1. The van der Waals surface area contributed by atoms with E-state index in [4.69, 9.17) is 10.6 Å². The van der Waals surface area contributed by atoms with Gasteiger partial charge >= 0.3 is 0 Å². The molecular weight excluding hydrogens is 246 g/mol. The van der Waals surface area contributed by atoms with Gasteiger partial charge in [0.15, 0.2) is 5.13 Å². The number of anilines is 1. The van der Waals surface area contributed by atoms with E-state index in [1.165, 1.54) is 16.9 Å². The second-order valence-electron chi connectivity index (χ2n) is 4.20. The van der Waals surface area contributed by atoms with Crippen LogP contribution in [0.25, 0.3) is 11.3 Å². The molecule has 5 heteroatoms. The van der Waals surface area contributed by atoms with Gasteiger partial charge < -0.3 is 4.74 Å². The van der Waals surface area contributed by atoms with Gasteiger partial charge in [0.25, 0.3) is 0 Å². The molecule has 1 heterocycles. The zero-order valence-electron chi connectivity index (χ0n) is 11.0. The van der Waals surface area contributed by atoms with Gasteiger partial charge in [0.2, 0.25) is 0 Å². The van der Waals surface area contributed by atoms with E-state index in [1.807, 2.05) is 11.4 Å². The Morgan fingerprint density at radius 3 is 2.56 bits per heavy atom. The lowest BCUT2D eigenvalue weighted by molar-refractivity contribution is 0.411. The molecule has 0 saturated heterocycles. The molecule has 0 spiro atoms. The molecule has 0 unspecified atom stereocenters. The van der Waals surface area contributed by atoms with Crippen molar-refractivity contribution in [1.82, 2.24) is 4.98 Å². The van der Waals surface area contributed by atoms with Crippen molar-refractivity contribution in [2.24, 2.45) is 5.84 Å². The minimum Gasteiger partial charge on any atom is -0.496 e. The number of aryl methyl sites for hydroxylation is 1. The third kappa shape index (κ3) is 2.07. The predicted molar refractivity (Wildman–Crippen MR) is 76.1 cm³/mol. The first-order valence-electron chi connectivity index (χ1n) is 5.65. The van der Waals surface area contributed by atoms with Crippen molar-refractivity contribution in [3.63, 3.8) is 0 Å². The number of nitrogen functional groups attached to an aromatic ring is 1. The summed E-state index contributed by atoms with van der Waals surface area (Å²) < 4.78 is 5.37. The molecule has 0 aliphatic rings. The van der Waals surface area contributed by atoms with Gasteiger partial charge in [-0.15, -0.1) is 11.3 Å². The first kappa shape index (κ1) is 12.9. The molecule has 2 aromatic rings. The van der Waals surface area contributed by atoms with Crippen LogP contribution in [0.5, 0.6) is 5.75 Å². The highest BCUT2D eigenvalue weighted by Crippen LogP contribution is 2.35. The van der Waals surface area contributed by atoms with Crippen LogP contribution in [-0.2, 0) is 0 Å². The normalized spacial score (nSPS) is 10.5. The van der Waals surface area contributed by atoms with Crippen LogP contribution in [0.1, 0.15) is 16.7 Å². The Kier molecular flexibility index (Phi) is 3.54. The maximum absolute atomic E-state index is 5.37. The number of nitrogens with one attached hydrogen (secondary N) is 1. The molecule has 0 aliphatic heterocycles. The second kappa shape index (κ2) is 4.96. The average molecular weight is 263 g/mol. The van der Waals surface area contributed by atoms with Gasteiger partial charge in [0.1, 0.15) is 5.75 Å². The van der Waals surface area contributed by atoms with E-state index < -0.39 is 0 Å². The monoisotopic (exact) mass is 263 g/mol. The van der Waals surface area contributed by atoms with Crippen LogP contribution in [0.4, 0.5) is 5.13 Å². The van der Waals surface area contributed by atoms with Gasteiger partial charge in [-0.2, -0.15) is 0 Å². The number of nitrogens with zero attached hydrogens (tertiary/aromatic N) is 1. The summed E-state index contributed by atoms with van der Waals surface area (Å²) in [7, 11) is 1.69. The number of methoxy groups -OCH3 is 1. The van der Waals surface area contributed by atoms with E-state index >= 15 is 0 Å². The minimum absolute atomic E-state index is 0.720. The van der Waals surface area contributed by atoms with Crippen LogP contribution in [-0.4, -0.2) is 12.1 Å². The number of nitrogens with two attached hydrogens (primary N) is 1. The number of hydrogen-bond donors (Lipinski definition) is 2. The van der Waals surface area contributed by atoms with Crippen LogP contribution >= 0.6 is 11.3 Å². The second-order valence-corrected chi connectivity index (χ2v) is 5.06. The summed E-state index contributed by atoms with van der Waals surface area (Å²) >= 11 is 1.50. The molecule has 1 aromatic carbocycles. The SMILES string of the molecule is COc1cc(C)c(-c2csc(NN)n2)c(C)c1C. The molecule has 3 N–H and O–H groups in total. The lowest BCUT2D eigenvalue weighted by Gasteiger charge is -2.14. The Balaban J connectivity index is 2.60. The summed E-state index contributed by atoms with van der Waals surface area (Å²) in [4.78, 5) is 4.46. The first-order valence-corrected chi connectivity index (χ1v) is 6.53. The van der Waals surface area contributed by atoms with Crippen molar-refractivity contribution in [2.75, 3.05) is 12.5 Å². The summed E-state index contributed by atoms with van der Waals surface area (Å²) in [6.45, 7) is 6.22. The fraction of sp³-hybridized carbons (Fsp3) is 0.308. The molecule has 0 atom stereocenters. The van der Waals surface area contributed by atoms with Gasteiger partial charge in [0, 0.05) is 10.9 Å². The number of ether oxygens (including phenoxy) is 1. The average Bonchev–Trinajstić information content (AvgIpc) is 2.82. The number of thiazole rings is 1. The smallest absolute Gasteiger partial charge is 0.197 e. The van der Waals surface area contributed by atoms with Crippen molar-refractivity contribution < 1.29 is 4.74 Å². The Morgan fingerprint density at radius 1 is 1.28 bits per heavy atom. The van der Waals surface area contributed by atoms with Gasteiger partial charge in [0.05, 0.1) is 12.8 Å². The number of hydrogen-bond acceptors (Lipinski definition) is 5. The third-order valence-electron chi connectivity index (χ3n) is 3.15. The van der Waals surface area contributed by atoms with E-state index in [-0.39, 0.29) is 0 Å². The Labute approximate surface area is 111 Å². The summed E-state index contributed by atoms with van der Waals surface area (Å²) in [6.07, 6.45) is 0. The van der Waals surface area contributed by atoms with Crippen molar-refractivity contribution in [3.8, 4) is 17.0 Å². The van der Waals surface area contributed by atoms with Crippen molar-refractivity contribution >= 4 is 16.5 Å². The predicted octanol–water partition coefficient (Wildman–Crippen LogP) is 3.03. The molecule has 0 fully saturated rings. The van der Waals surface area contributed by atoms with E-state index in [0.29, 0.717) is 0 Å². The summed E-state index contributed by atoms with van der Waals surface area (Å²) in [5.74, 6) is 6.29. The topological polar surface area (TPSA) is 60.2 Å². The standard InChI is InChI=1S/C13H17N3OS/c1-7-5-11(17-4)8(2)9(3)12(7)10-6-18-13(15-10)16-14/h5-6H,14H2,1-4H3,(H,15,16). The van der Waals surface area contributed by atoms with Crippen LogP contribution < -0.4 is 16.0 Å². The molecule has 2 rings (SSSR count). The van der Waals surface area contributed by atoms with E-state index in [2.05, 4.69) is 31.2 Å². The van der Waals surface area contributed by atoms with Crippen LogP contribution in [0.15, 0.2) is 11.4 Å². The zero-order chi connectivity index (χ0) is 13.3. The number of hydrazine groups is 1. The number of rotatable bonds is 3. The molecule has 0 aliphatic carbocycles. The highest BCUT2D eigenvalue weighted by molar-refractivity contribution is 7.14. The molecule has 4 nitrogen and oxygen atoms in total. The van der Waals surface area contributed by atoms with Gasteiger partial charge in [-0.3, -0.25) is 5.43 Å². The van der Waals surface area contributed by atoms with E-state index in [1.54, 1.807) is 7.11 Å². The Hall–Kier alpha value is -1.59. The van der Waals surface area contributed by atoms with Crippen molar-refractivity contribution in [2.45, 2.75) is 20.8 Å². The maximum Gasteiger partial charge on any atom is 0.197 e. The minimum atomic E-state index is 0.720. The Morgan fingerprint density at radius 2 is 2.00 bits per heavy atom. The van der Waals surface area contributed by atoms with Crippen LogP contribution in [0.2, 0.25) is 0 Å². The molecule has 0 radical (unpaired) electrons. The molecule has 0 saturated carbocycles.